The van der Waals surface area contributed by atoms with Crippen molar-refractivity contribution in [2.45, 2.75) is 5.41 Å². The van der Waals surface area contributed by atoms with Crippen molar-refractivity contribution in [1.82, 2.24) is 15.0 Å². The molecule has 0 amide bonds. The first kappa shape index (κ1) is 34.6. The molecule has 62 heavy (non-hydrogen) atoms. The lowest BCUT2D eigenvalue weighted by molar-refractivity contribution is 0.669. The van der Waals surface area contributed by atoms with E-state index in [1.165, 1.54) is 44.5 Å². The fourth-order valence-electron chi connectivity index (χ4n) is 10.3. The first-order chi connectivity index (χ1) is 30.7. The Morgan fingerprint density at radius 3 is 1.50 bits per heavy atom. The molecule has 0 fully saturated rings. The first-order valence-corrected chi connectivity index (χ1v) is 21.1. The van der Waals surface area contributed by atoms with Crippen LogP contribution < -0.4 is 0 Å². The summed E-state index contributed by atoms with van der Waals surface area (Å²) in [5.74, 6) is 1.85. The summed E-state index contributed by atoms with van der Waals surface area (Å²) in [7, 11) is 0. The third-order valence-corrected chi connectivity index (χ3v) is 13.0. The van der Waals surface area contributed by atoms with Gasteiger partial charge in [-0.1, -0.05) is 182 Å². The number of hydrogen-bond acceptors (Lipinski definition) is 4. The van der Waals surface area contributed by atoms with E-state index in [9.17, 15) is 0 Å². The van der Waals surface area contributed by atoms with Crippen LogP contribution in [0.1, 0.15) is 22.3 Å². The van der Waals surface area contributed by atoms with Gasteiger partial charge in [-0.25, -0.2) is 15.0 Å². The minimum absolute atomic E-state index is 0.440. The van der Waals surface area contributed by atoms with Gasteiger partial charge < -0.3 is 4.42 Å². The van der Waals surface area contributed by atoms with E-state index in [2.05, 4.69) is 182 Å². The lowest BCUT2D eigenvalue weighted by Crippen LogP contribution is -2.25. The summed E-state index contributed by atoms with van der Waals surface area (Å²) in [6, 6.07) is 75.6. The molecule has 0 unspecified atom stereocenters. The Bertz CT molecular complexity index is 3540. The van der Waals surface area contributed by atoms with Crippen LogP contribution in [-0.4, -0.2) is 15.0 Å². The molecule has 0 N–H and O–H groups in total. The molecule has 2 heterocycles. The Balaban J connectivity index is 0.974. The van der Waals surface area contributed by atoms with E-state index in [0.717, 1.165) is 60.9 Å². The summed E-state index contributed by atoms with van der Waals surface area (Å²) in [6.07, 6.45) is 0. The molecule has 2 aromatic heterocycles. The van der Waals surface area contributed by atoms with Crippen molar-refractivity contribution in [3.05, 3.63) is 235 Å². The van der Waals surface area contributed by atoms with Gasteiger partial charge in [0, 0.05) is 27.5 Å². The van der Waals surface area contributed by atoms with E-state index >= 15 is 0 Å². The zero-order valence-electron chi connectivity index (χ0n) is 33.5. The van der Waals surface area contributed by atoms with Crippen LogP contribution in [0.25, 0.3) is 101 Å². The van der Waals surface area contributed by atoms with Crippen LogP contribution in [0, 0.1) is 0 Å². The average molecular weight is 790 g/mol. The number of nitrogens with zero attached hydrogens (tertiary/aromatic N) is 3. The number of rotatable bonds is 5. The van der Waals surface area contributed by atoms with Gasteiger partial charge in [-0.05, 0) is 97.1 Å². The number of hydrogen-bond donors (Lipinski definition) is 0. The predicted octanol–water partition coefficient (Wildman–Crippen LogP) is 14.4. The van der Waals surface area contributed by atoms with Gasteiger partial charge in [-0.3, -0.25) is 0 Å². The van der Waals surface area contributed by atoms with Gasteiger partial charge in [0.2, 0.25) is 0 Å². The van der Waals surface area contributed by atoms with Gasteiger partial charge in [0.25, 0.3) is 0 Å². The zero-order chi connectivity index (χ0) is 40.8. The van der Waals surface area contributed by atoms with E-state index < -0.39 is 5.41 Å². The molecule has 4 heteroatoms. The largest absolute Gasteiger partial charge is 0.456 e. The van der Waals surface area contributed by atoms with Crippen molar-refractivity contribution in [3.63, 3.8) is 0 Å². The highest BCUT2D eigenvalue weighted by atomic mass is 16.3. The Hall–Kier alpha value is -8.21. The lowest BCUT2D eigenvalue weighted by Gasteiger charge is -2.30. The number of benzene rings is 9. The second kappa shape index (κ2) is 13.4. The third-order valence-electron chi connectivity index (χ3n) is 13.0. The lowest BCUT2D eigenvalue weighted by atomic mass is 9.70. The maximum atomic E-state index is 6.27. The van der Waals surface area contributed by atoms with E-state index in [4.69, 9.17) is 19.4 Å². The highest BCUT2D eigenvalue weighted by molar-refractivity contribution is 6.06. The van der Waals surface area contributed by atoms with Crippen LogP contribution >= 0.6 is 0 Å². The van der Waals surface area contributed by atoms with Crippen molar-refractivity contribution >= 4 is 21.9 Å². The van der Waals surface area contributed by atoms with Gasteiger partial charge in [0.1, 0.15) is 11.2 Å². The number of para-hydroxylation sites is 1. The molecule has 1 spiro atoms. The van der Waals surface area contributed by atoms with Crippen LogP contribution in [0.15, 0.2) is 217 Å². The van der Waals surface area contributed by atoms with Crippen LogP contribution in [-0.2, 0) is 5.41 Å². The quantitative estimate of drug-likeness (QED) is 0.174. The normalized spacial score (nSPS) is 13.0. The molecular formula is C58H35N3O. The summed E-state index contributed by atoms with van der Waals surface area (Å²) >= 11 is 0. The molecule has 288 valence electrons. The topological polar surface area (TPSA) is 51.8 Å². The molecule has 2 aliphatic rings. The molecule has 9 aromatic carbocycles. The minimum Gasteiger partial charge on any atom is -0.456 e. The molecule has 2 aliphatic carbocycles. The van der Waals surface area contributed by atoms with Gasteiger partial charge in [-0.15, -0.1) is 0 Å². The Morgan fingerprint density at radius 2 is 0.774 bits per heavy atom. The number of furan rings is 1. The molecule has 0 bridgehead atoms. The van der Waals surface area contributed by atoms with Crippen molar-refractivity contribution in [1.29, 1.82) is 0 Å². The summed E-state index contributed by atoms with van der Waals surface area (Å²) in [6.45, 7) is 0. The van der Waals surface area contributed by atoms with E-state index in [-0.39, 0.29) is 0 Å². The molecule has 0 aliphatic heterocycles. The average Bonchev–Trinajstić information content (AvgIpc) is 3.98. The summed E-state index contributed by atoms with van der Waals surface area (Å²) < 4.78 is 6.27. The Morgan fingerprint density at radius 1 is 0.274 bits per heavy atom. The van der Waals surface area contributed by atoms with E-state index in [1.54, 1.807) is 0 Å². The smallest absolute Gasteiger partial charge is 0.164 e. The highest BCUT2D eigenvalue weighted by Crippen LogP contribution is 2.63. The van der Waals surface area contributed by atoms with Gasteiger partial charge in [0.05, 0.1) is 5.41 Å². The van der Waals surface area contributed by atoms with Crippen molar-refractivity contribution in [3.8, 4) is 78.7 Å². The second-order valence-electron chi connectivity index (χ2n) is 16.3. The Kier molecular flexibility index (Phi) is 7.49. The third kappa shape index (κ3) is 5.04. The fraction of sp³-hybridized carbons (Fsp3) is 0.0172. The molecule has 13 rings (SSSR count). The number of fused-ring (bicyclic) bond motifs is 13. The van der Waals surface area contributed by atoms with Gasteiger partial charge >= 0.3 is 0 Å². The van der Waals surface area contributed by atoms with Gasteiger partial charge in [-0.2, -0.15) is 0 Å². The summed E-state index contributed by atoms with van der Waals surface area (Å²) in [5.41, 5.74) is 18.8. The van der Waals surface area contributed by atoms with Gasteiger partial charge in [0.15, 0.2) is 17.5 Å². The molecular weight excluding hydrogens is 755 g/mol. The van der Waals surface area contributed by atoms with Crippen LogP contribution in [0.3, 0.4) is 0 Å². The van der Waals surface area contributed by atoms with Crippen LogP contribution in [0.4, 0.5) is 0 Å². The highest BCUT2D eigenvalue weighted by Gasteiger charge is 2.51. The maximum Gasteiger partial charge on any atom is 0.164 e. The standard InChI is InChI=1S/C58H35N3O/c1-2-15-36(16-3-1)55-59-56(40-18-14-17-37(33-40)38-29-32-47-46-23-9-13-28-53(46)62-54(47)35-38)61-57(60-55)48-24-5-4-19-41(48)39-30-31-45-44-22-8-12-27-51(44)58(52(45)34-39)49-25-10-6-20-42(49)43-21-7-11-26-50(43)58/h1-35H. The second-order valence-corrected chi connectivity index (χ2v) is 16.3. The van der Waals surface area contributed by atoms with Crippen molar-refractivity contribution < 1.29 is 4.42 Å². The maximum absolute atomic E-state index is 6.27. The van der Waals surface area contributed by atoms with E-state index in [0.29, 0.717) is 17.5 Å². The molecule has 0 radical (unpaired) electrons. The fourth-order valence-corrected chi connectivity index (χ4v) is 10.3. The molecule has 4 nitrogen and oxygen atoms in total. The van der Waals surface area contributed by atoms with E-state index in [1.807, 2.05) is 30.3 Å². The number of aromatic nitrogens is 3. The summed E-state index contributed by atoms with van der Waals surface area (Å²) in [5, 5.41) is 2.22. The molecule has 0 saturated heterocycles. The summed E-state index contributed by atoms with van der Waals surface area (Å²) in [4.78, 5) is 15.7. The van der Waals surface area contributed by atoms with Crippen LogP contribution in [0.2, 0.25) is 0 Å². The molecule has 0 saturated carbocycles. The first-order valence-electron chi connectivity index (χ1n) is 21.1. The zero-order valence-corrected chi connectivity index (χ0v) is 33.5. The minimum atomic E-state index is -0.440. The SMILES string of the molecule is c1ccc(-c2nc(-c3cccc(-c4ccc5c(c4)oc4ccccc45)c3)nc(-c3ccccc3-c3ccc4c(c3)C3(c5ccccc5-c5ccccc53)c3ccccc3-4)n2)cc1. The molecule has 0 atom stereocenters. The van der Waals surface area contributed by atoms with Crippen LogP contribution in [0.5, 0.6) is 0 Å². The molecule has 11 aromatic rings. The predicted molar refractivity (Wildman–Crippen MR) is 251 cm³/mol. The Labute approximate surface area is 358 Å². The monoisotopic (exact) mass is 789 g/mol. The van der Waals surface area contributed by atoms with Crippen molar-refractivity contribution in [2.75, 3.05) is 0 Å². The van der Waals surface area contributed by atoms with Crippen molar-refractivity contribution in [2.24, 2.45) is 0 Å².